The van der Waals surface area contributed by atoms with Crippen molar-refractivity contribution in [3.63, 3.8) is 0 Å². The number of carbonyl (C=O) groups is 1. The zero-order chi connectivity index (χ0) is 15.0. The van der Waals surface area contributed by atoms with Crippen LogP contribution in [0.2, 0.25) is 0 Å². The SMILES string of the molecule is CCC(C)N(CCOC)C(=O)C1(C#N)CCCCCC1. The van der Waals surface area contributed by atoms with Crippen LogP contribution in [0.4, 0.5) is 0 Å². The lowest BCUT2D eigenvalue weighted by atomic mass is 9.80. The molecule has 1 unspecified atom stereocenters. The maximum Gasteiger partial charge on any atom is 0.243 e. The molecule has 0 heterocycles. The van der Waals surface area contributed by atoms with E-state index in [4.69, 9.17) is 4.74 Å². The first-order valence-electron chi connectivity index (χ1n) is 7.82. The van der Waals surface area contributed by atoms with Crippen molar-refractivity contribution in [1.82, 2.24) is 4.90 Å². The Bertz CT molecular complexity index is 341. The summed E-state index contributed by atoms with van der Waals surface area (Å²) >= 11 is 0. The summed E-state index contributed by atoms with van der Waals surface area (Å²) in [5, 5.41) is 9.64. The number of ether oxygens (including phenoxy) is 1. The van der Waals surface area contributed by atoms with Crippen molar-refractivity contribution < 1.29 is 9.53 Å². The third-order valence-corrected chi connectivity index (χ3v) is 4.50. The van der Waals surface area contributed by atoms with Gasteiger partial charge in [-0.15, -0.1) is 0 Å². The van der Waals surface area contributed by atoms with E-state index in [0.717, 1.165) is 32.1 Å². The first-order valence-corrected chi connectivity index (χ1v) is 7.82. The number of nitriles is 1. The van der Waals surface area contributed by atoms with E-state index >= 15 is 0 Å². The lowest BCUT2D eigenvalue weighted by Gasteiger charge is -2.35. The minimum atomic E-state index is -0.798. The first-order chi connectivity index (χ1) is 9.61. The highest BCUT2D eigenvalue weighted by atomic mass is 16.5. The standard InChI is InChI=1S/C16H28N2O2/c1-4-14(2)18(11-12-20-3)15(19)16(13-17)9-7-5-6-8-10-16/h14H,4-12H2,1-3H3. The van der Waals surface area contributed by atoms with Crippen molar-refractivity contribution in [3.05, 3.63) is 0 Å². The predicted octanol–water partition coefficient (Wildman–Crippen LogP) is 3.12. The molecule has 1 aliphatic carbocycles. The smallest absolute Gasteiger partial charge is 0.243 e. The average molecular weight is 280 g/mol. The van der Waals surface area contributed by atoms with Crippen LogP contribution in [-0.2, 0) is 9.53 Å². The van der Waals surface area contributed by atoms with Crippen LogP contribution in [0.3, 0.4) is 0 Å². The van der Waals surface area contributed by atoms with Gasteiger partial charge in [0.05, 0.1) is 12.7 Å². The Morgan fingerprint density at radius 1 is 1.35 bits per heavy atom. The Morgan fingerprint density at radius 3 is 2.40 bits per heavy atom. The summed E-state index contributed by atoms with van der Waals surface area (Å²) in [6, 6.07) is 2.52. The number of methoxy groups -OCH3 is 1. The van der Waals surface area contributed by atoms with Crippen LogP contribution in [0.15, 0.2) is 0 Å². The molecule has 20 heavy (non-hydrogen) atoms. The second-order valence-electron chi connectivity index (χ2n) is 5.86. The summed E-state index contributed by atoms with van der Waals surface area (Å²) in [5.74, 6) is 0.0216. The molecule has 1 rings (SSSR count). The molecule has 0 N–H and O–H groups in total. The quantitative estimate of drug-likeness (QED) is 0.702. The van der Waals surface area contributed by atoms with Gasteiger partial charge in [0.1, 0.15) is 5.41 Å². The van der Waals surface area contributed by atoms with Crippen LogP contribution in [-0.4, -0.2) is 37.1 Å². The molecule has 1 amide bonds. The van der Waals surface area contributed by atoms with E-state index in [1.807, 2.05) is 4.90 Å². The van der Waals surface area contributed by atoms with Gasteiger partial charge in [0.15, 0.2) is 0 Å². The molecule has 0 aromatic heterocycles. The fraction of sp³-hybridized carbons (Fsp3) is 0.875. The molecule has 1 aliphatic rings. The Kier molecular flexibility index (Phi) is 7.01. The molecule has 4 heteroatoms. The lowest BCUT2D eigenvalue weighted by Crippen LogP contribution is -2.48. The third kappa shape index (κ3) is 3.96. The molecule has 114 valence electrons. The van der Waals surface area contributed by atoms with Crippen LogP contribution >= 0.6 is 0 Å². The summed E-state index contributed by atoms with van der Waals surface area (Å²) in [6.07, 6.45) is 6.56. The van der Waals surface area contributed by atoms with Crippen LogP contribution in [0.5, 0.6) is 0 Å². The highest BCUT2D eigenvalue weighted by Crippen LogP contribution is 2.36. The molecule has 1 saturated carbocycles. The van der Waals surface area contributed by atoms with Gasteiger partial charge in [-0.1, -0.05) is 32.6 Å². The van der Waals surface area contributed by atoms with Gasteiger partial charge >= 0.3 is 0 Å². The van der Waals surface area contributed by atoms with Gasteiger partial charge in [0.2, 0.25) is 5.91 Å². The Morgan fingerprint density at radius 2 is 1.95 bits per heavy atom. The molecular weight excluding hydrogens is 252 g/mol. The lowest BCUT2D eigenvalue weighted by molar-refractivity contribution is -0.142. The van der Waals surface area contributed by atoms with Crippen molar-refractivity contribution in [2.75, 3.05) is 20.3 Å². The summed E-state index contributed by atoms with van der Waals surface area (Å²) in [5.41, 5.74) is -0.798. The molecule has 0 aromatic carbocycles. The Hall–Kier alpha value is -1.08. The summed E-state index contributed by atoms with van der Waals surface area (Å²) < 4.78 is 5.12. The number of nitrogens with zero attached hydrogens (tertiary/aromatic N) is 2. The molecule has 0 aliphatic heterocycles. The Labute approximate surface area is 123 Å². The highest BCUT2D eigenvalue weighted by Gasteiger charge is 2.42. The van der Waals surface area contributed by atoms with E-state index in [9.17, 15) is 10.1 Å². The van der Waals surface area contributed by atoms with Crippen LogP contribution in [0.25, 0.3) is 0 Å². The number of hydrogen-bond donors (Lipinski definition) is 0. The first kappa shape index (κ1) is 17.0. The largest absolute Gasteiger partial charge is 0.383 e. The summed E-state index contributed by atoms with van der Waals surface area (Å²) in [7, 11) is 1.64. The van der Waals surface area contributed by atoms with Gasteiger partial charge < -0.3 is 9.64 Å². The highest BCUT2D eigenvalue weighted by molar-refractivity contribution is 5.85. The van der Waals surface area contributed by atoms with Gasteiger partial charge in [-0.3, -0.25) is 4.79 Å². The minimum Gasteiger partial charge on any atom is -0.383 e. The second kappa shape index (κ2) is 8.26. The molecule has 0 radical (unpaired) electrons. The summed E-state index contributed by atoms with van der Waals surface area (Å²) in [6.45, 7) is 5.23. The topological polar surface area (TPSA) is 53.3 Å². The van der Waals surface area contributed by atoms with E-state index in [-0.39, 0.29) is 11.9 Å². The molecular formula is C16H28N2O2. The van der Waals surface area contributed by atoms with Gasteiger partial charge in [-0.05, 0) is 26.2 Å². The monoisotopic (exact) mass is 280 g/mol. The predicted molar refractivity (Wildman–Crippen MR) is 79.1 cm³/mol. The van der Waals surface area contributed by atoms with Crippen LogP contribution < -0.4 is 0 Å². The fourth-order valence-corrected chi connectivity index (χ4v) is 2.91. The maximum absolute atomic E-state index is 13.0. The van der Waals surface area contributed by atoms with Gasteiger partial charge in [-0.25, -0.2) is 0 Å². The molecule has 0 spiro atoms. The number of carbonyl (C=O) groups excluding carboxylic acids is 1. The van der Waals surface area contributed by atoms with E-state index in [2.05, 4.69) is 19.9 Å². The molecule has 0 saturated heterocycles. The van der Waals surface area contributed by atoms with Gasteiger partial charge in [0, 0.05) is 19.7 Å². The zero-order valence-corrected chi connectivity index (χ0v) is 13.2. The molecule has 1 fully saturated rings. The van der Waals surface area contributed by atoms with E-state index in [1.165, 1.54) is 0 Å². The zero-order valence-electron chi connectivity index (χ0n) is 13.2. The minimum absolute atomic E-state index is 0.0216. The Balaban J connectivity index is 2.91. The number of amides is 1. The van der Waals surface area contributed by atoms with Gasteiger partial charge in [0.25, 0.3) is 0 Å². The average Bonchev–Trinajstić information content (AvgIpc) is 2.73. The van der Waals surface area contributed by atoms with E-state index < -0.39 is 5.41 Å². The van der Waals surface area contributed by atoms with Crippen molar-refractivity contribution in [2.24, 2.45) is 5.41 Å². The van der Waals surface area contributed by atoms with E-state index in [1.54, 1.807) is 7.11 Å². The van der Waals surface area contributed by atoms with Crippen LogP contribution in [0, 0.1) is 16.7 Å². The third-order valence-electron chi connectivity index (χ3n) is 4.50. The molecule has 4 nitrogen and oxygen atoms in total. The normalized spacial score (nSPS) is 19.7. The fourth-order valence-electron chi connectivity index (χ4n) is 2.91. The van der Waals surface area contributed by atoms with Crippen molar-refractivity contribution in [2.45, 2.75) is 64.8 Å². The van der Waals surface area contributed by atoms with Crippen molar-refractivity contribution in [1.29, 1.82) is 5.26 Å². The van der Waals surface area contributed by atoms with Crippen molar-refractivity contribution in [3.8, 4) is 6.07 Å². The number of hydrogen-bond acceptors (Lipinski definition) is 3. The number of rotatable bonds is 6. The van der Waals surface area contributed by atoms with Crippen molar-refractivity contribution >= 4 is 5.91 Å². The second-order valence-corrected chi connectivity index (χ2v) is 5.86. The van der Waals surface area contributed by atoms with Gasteiger partial charge in [-0.2, -0.15) is 5.26 Å². The summed E-state index contributed by atoms with van der Waals surface area (Å²) in [4.78, 5) is 14.8. The maximum atomic E-state index is 13.0. The molecule has 0 bridgehead atoms. The molecule has 0 aromatic rings. The van der Waals surface area contributed by atoms with Crippen LogP contribution in [0.1, 0.15) is 58.8 Å². The van der Waals surface area contributed by atoms with E-state index in [0.29, 0.717) is 26.0 Å². The molecule has 1 atom stereocenters.